The number of benzene rings is 1. The number of carboxylic acids is 1. The number of nitrogens with zero attached hydrogens (tertiary/aromatic N) is 1. The van der Waals surface area contributed by atoms with Gasteiger partial charge in [-0.1, -0.05) is 22.0 Å². The highest BCUT2D eigenvalue weighted by molar-refractivity contribution is 9.10. The molecule has 2 heterocycles. The third-order valence-corrected chi connectivity index (χ3v) is 4.53. The highest BCUT2D eigenvalue weighted by atomic mass is 79.9. The summed E-state index contributed by atoms with van der Waals surface area (Å²) in [5.41, 5.74) is 2.25. The van der Waals surface area contributed by atoms with E-state index in [9.17, 15) is 9.59 Å². The predicted octanol–water partition coefficient (Wildman–Crippen LogP) is 2.68. The van der Waals surface area contributed by atoms with Crippen LogP contribution in [0.1, 0.15) is 30.5 Å². The molecule has 0 saturated carbocycles. The van der Waals surface area contributed by atoms with Crippen LogP contribution in [0.25, 0.3) is 0 Å². The van der Waals surface area contributed by atoms with Gasteiger partial charge in [-0.2, -0.15) is 0 Å². The van der Waals surface area contributed by atoms with Gasteiger partial charge in [-0.25, -0.2) is 4.79 Å². The number of carbonyl (C=O) groups excluding carboxylic acids is 1. The molecule has 1 aromatic rings. The molecule has 4 nitrogen and oxygen atoms in total. The van der Waals surface area contributed by atoms with Crippen molar-refractivity contribution in [3.05, 3.63) is 45.6 Å². The molecule has 0 aliphatic carbocycles. The fourth-order valence-corrected chi connectivity index (χ4v) is 3.49. The average molecular weight is 336 g/mol. The molecular weight excluding hydrogens is 322 g/mol. The van der Waals surface area contributed by atoms with Crippen LogP contribution in [0.15, 0.2) is 34.4 Å². The molecule has 1 aromatic carbocycles. The molecule has 104 valence electrons. The molecule has 0 saturated heterocycles. The van der Waals surface area contributed by atoms with E-state index in [1.54, 1.807) is 0 Å². The summed E-state index contributed by atoms with van der Waals surface area (Å²) in [6.07, 6.45) is 2.61. The Hall–Kier alpha value is -1.62. The van der Waals surface area contributed by atoms with E-state index in [1.165, 1.54) is 11.8 Å². The molecular formula is C15H14BrNO3. The first kappa shape index (κ1) is 13.4. The monoisotopic (exact) mass is 335 g/mol. The lowest BCUT2D eigenvalue weighted by Gasteiger charge is -2.43. The summed E-state index contributed by atoms with van der Waals surface area (Å²) in [5.74, 6) is -1.43. The van der Waals surface area contributed by atoms with E-state index in [1.807, 2.05) is 17.0 Å². The summed E-state index contributed by atoms with van der Waals surface area (Å²) in [4.78, 5) is 25.1. The van der Waals surface area contributed by atoms with E-state index in [4.69, 9.17) is 5.11 Å². The number of hydrogen-bond acceptors (Lipinski definition) is 3. The maximum Gasteiger partial charge on any atom is 0.340 e. The summed E-state index contributed by atoms with van der Waals surface area (Å²) in [6, 6.07) is 6.22. The normalized spacial score (nSPS) is 24.8. The van der Waals surface area contributed by atoms with Gasteiger partial charge in [0.1, 0.15) is 5.57 Å². The van der Waals surface area contributed by atoms with Crippen molar-refractivity contribution in [2.24, 2.45) is 0 Å². The molecule has 0 spiro atoms. The Kier molecular flexibility index (Phi) is 3.17. The number of halogens is 1. The second-order valence-electron chi connectivity index (χ2n) is 5.33. The van der Waals surface area contributed by atoms with Crippen LogP contribution >= 0.6 is 15.9 Å². The fraction of sp³-hybridized carbons (Fsp3) is 0.333. The number of aliphatic carboxylic acids is 1. The zero-order chi connectivity index (χ0) is 14.4. The first-order valence-electron chi connectivity index (χ1n) is 6.51. The van der Waals surface area contributed by atoms with E-state index in [0.717, 1.165) is 16.5 Å². The van der Waals surface area contributed by atoms with Crippen molar-refractivity contribution in [2.75, 3.05) is 0 Å². The first-order valence-corrected chi connectivity index (χ1v) is 7.30. The molecule has 2 aliphatic heterocycles. The van der Waals surface area contributed by atoms with E-state index >= 15 is 0 Å². The molecule has 0 radical (unpaired) electrons. The van der Waals surface area contributed by atoms with Crippen molar-refractivity contribution >= 4 is 27.7 Å². The topological polar surface area (TPSA) is 57.6 Å². The Balaban J connectivity index is 2.08. The molecule has 0 aromatic heterocycles. The zero-order valence-corrected chi connectivity index (χ0v) is 12.6. The van der Waals surface area contributed by atoms with Crippen LogP contribution < -0.4 is 0 Å². The lowest BCUT2D eigenvalue weighted by atomic mass is 9.83. The van der Waals surface area contributed by atoms with Gasteiger partial charge in [-0.3, -0.25) is 4.79 Å². The van der Waals surface area contributed by atoms with Crippen molar-refractivity contribution in [2.45, 2.75) is 31.8 Å². The molecule has 0 fully saturated rings. The van der Waals surface area contributed by atoms with Gasteiger partial charge < -0.3 is 10.0 Å². The van der Waals surface area contributed by atoms with Gasteiger partial charge in [-0.05, 0) is 36.6 Å². The van der Waals surface area contributed by atoms with Gasteiger partial charge in [0.2, 0.25) is 0 Å². The first-order chi connectivity index (χ1) is 9.47. The number of carbonyl (C=O) groups is 2. The van der Waals surface area contributed by atoms with Crippen LogP contribution in [0, 0.1) is 0 Å². The van der Waals surface area contributed by atoms with Crippen molar-refractivity contribution in [1.29, 1.82) is 0 Å². The quantitative estimate of drug-likeness (QED) is 0.801. The van der Waals surface area contributed by atoms with Crippen LogP contribution in [0.4, 0.5) is 0 Å². The van der Waals surface area contributed by atoms with Crippen molar-refractivity contribution in [3.8, 4) is 0 Å². The maximum atomic E-state index is 12.0. The molecule has 0 amide bonds. The standard InChI is InChI=1S/C15H14BrNO3/c1-8-4-9-5-10(16)2-3-11(9)13-6-14(18)12(15(19)20)7-17(8)13/h2-3,5,7-8,13H,4,6H2,1H3,(H,19,20). The third-order valence-electron chi connectivity index (χ3n) is 4.04. The Labute approximate surface area is 125 Å². The SMILES string of the molecule is CC1Cc2cc(Br)ccc2C2CC(=O)C(C(=O)O)=CN12. The fourth-order valence-electron chi connectivity index (χ4n) is 3.08. The molecule has 1 N–H and O–H groups in total. The molecule has 0 bridgehead atoms. The van der Waals surface area contributed by atoms with Gasteiger partial charge in [0.25, 0.3) is 0 Å². The number of carboxylic acid groups (broad SMARTS) is 1. The van der Waals surface area contributed by atoms with Crippen molar-refractivity contribution in [3.63, 3.8) is 0 Å². The summed E-state index contributed by atoms with van der Waals surface area (Å²) in [6.45, 7) is 2.06. The molecule has 5 heteroatoms. The lowest BCUT2D eigenvalue weighted by molar-refractivity contribution is -0.135. The van der Waals surface area contributed by atoms with E-state index in [2.05, 4.69) is 28.9 Å². The average Bonchev–Trinajstić information content (AvgIpc) is 2.37. The molecule has 2 unspecified atom stereocenters. The predicted molar refractivity (Wildman–Crippen MR) is 77.2 cm³/mol. The smallest absolute Gasteiger partial charge is 0.340 e. The summed E-state index contributed by atoms with van der Waals surface area (Å²) in [5, 5.41) is 9.09. The van der Waals surface area contributed by atoms with Gasteiger partial charge >= 0.3 is 5.97 Å². The van der Waals surface area contributed by atoms with Gasteiger partial charge in [0.15, 0.2) is 5.78 Å². The summed E-state index contributed by atoms with van der Waals surface area (Å²) >= 11 is 3.47. The zero-order valence-electron chi connectivity index (χ0n) is 11.0. The highest BCUT2D eigenvalue weighted by Gasteiger charge is 2.37. The summed E-state index contributed by atoms with van der Waals surface area (Å²) < 4.78 is 1.03. The Morgan fingerprint density at radius 3 is 2.85 bits per heavy atom. The van der Waals surface area contributed by atoms with Gasteiger partial charge in [0.05, 0.1) is 6.04 Å². The van der Waals surface area contributed by atoms with Crippen LogP contribution in [0.3, 0.4) is 0 Å². The largest absolute Gasteiger partial charge is 0.478 e. The van der Waals surface area contributed by atoms with E-state index in [0.29, 0.717) is 0 Å². The van der Waals surface area contributed by atoms with Crippen LogP contribution in [0.2, 0.25) is 0 Å². The summed E-state index contributed by atoms with van der Waals surface area (Å²) in [7, 11) is 0. The van der Waals surface area contributed by atoms with Gasteiger partial charge in [-0.15, -0.1) is 0 Å². The Morgan fingerprint density at radius 2 is 2.15 bits per heavy atom. The number of fused-ring (bicyclic) bond motifs is 3. The number of rotatable bonds is 1. The highest BCUT2D eigenvalue weighted by Crippen LogP contribution is 2.40. The van der Waals surface area contributed by atoms with Gasteiger partial charge in [0, 0.05) is 23.1 Å². The Bertz CT molecular complexity index is 638. The van der Waals surface area contributed by atoms with Crippen LogP contribution in [-0.2, 0) is 16.0 Å². The van der Waals surface area contributed by atoms with Crippen LogP contribution in [0.5, 0.6) is 0 Å². The minimum Gasteiger partial charge on any atom is -0.478 e. The number of ketones is 1. The lowest BCUT2D eigenvalue weighted by Crippen LogP contribution is -2.43. The Morgan fingerprint density at radius 1 is 1.40 bits per heavy atom. The van der Waals surface area contributed by atoms with E-state index in [-0.39, 0.29) is 29.9 Å². The second kappa shape index (κ2) is 4.74. The van der Waals surface area contributed by atoms with E-state index < -0.39 is 5.97 Å². The second-order valence-corrected chi connectivity index (χ2v) is 6.25. The minimum atomic E-state index is -1.14. The molecule has 2 atom stereocenters. The maximum absolute atomic E-state index is 12.0. The molecule has 3 rings (SSSR count). The van der Waals surface area contributed by atoms with Crippen molar-refractivity contribution in [1.82, 2.24) is 4.90 Å². The van der Waals surface area contributed by atoms with Crippen LogP contribution in [-0.4, -0.2) is 27.8 Å². The molecule has 2 aliphatic rings. The van der Waals surface area contributed by atoms with Crippen molar-refractivity contribution < 1.29 is 14.7 Å². The molecule has 20 heavy (non-hydrogen) atoms. The number of hydrogen-bond donors (Lipinski definition) is 1. The third kappa shape index (κ3) is 2.06. The minimum absolute atomic E-state index is 0.0440. The number of Topliss-reactive ketones (excluding diaryl/α,β-unsaturated/α-hetero) is 1.